The largest absolute Gasteiger partial charge is 0.492 e. The van der Waals surface area contributed by atoms with Crippen molar-refractivity contribution in [3.8, 4) is 5.75 Å². The predicted octanol–water partition coefficient (Wildman–Crippen LogP) is 1.06. The van der Waals surface area contributed by atoms with Crippen molar-refractivity contribution in [1.29, 1.82) is 0 Å². The van der Waals surface area contributed by atoms with E-state index >= 15 is 0 Å². The molecule has 0 aromatic heterocycles. The molecule has 138 valence electrons. The lowest BCUT2D eigenvalue weighted by Gasteiger charge is -2.20. The van der Waals surface area contributed by atoms with E-state index in [4.69, 9.17) is 4.74 Å². The Morgan fingerprint density at radius 2 is 1.50 bits per heavy atom. The monoisotopic (exact) mass is 380 g/mol. The van der Waals surface area contributed by atoms with Gasteiger partial charge in [-0.05, 0) is 37.4 Å². The lowest BCUT2D eigenvalue weighted by atomic mass is 10.3. The average Bonchev–Trinajstić information content (AvgIpc) is 2.48. The van der Waals surface area contributed by atoms with Crippen molar-refractivity contribution in [3.05, 3.63) is 24.3 Å². The number of benzene rings is 1. The lowest BCUT2D eigenvalue weighted by Crippen LogP contribution is -2.32. The number of hydrogen-bond acceptors (Lipinski definition) is 7. The molecule has 0 N–H and O–H groups in total. The van der Waals surface area contributed by atoms with Gasteiger partial charge in [0, 0.05) is 6.54 Å². The second-order valence-electron chi connectivity index (χ2n) is 5.14. The maximum absolute atomic E-state index is 11.7. The van der Waals surface area contributed by atoms with Crippen molar-refractivity contribution in [1.82, 2.24) is 4.90 Å². The summed E-state index contributed by atoms with van der Waals surface area (Å²) >= 11 is 0. The van der Waals surface area contributed by atoms with Crippen LogP contribution in [-0.4, -0.2) is 60.5 Å². The van der Waals surface area contributed by atoms with Crippen molar-refractivity contribution in [2.24, 2.45) is 0 Å². The molecule has 8 nitrogen and oxygen atoms in total. The van der Waals surface area contributed by atoms with Gasteiger partial charge in [0.15, 0.2) is 0 Å². The van der Waals surface area contributed by atoms with Gasteiger partial charge < -0.3 is 9.64 Å². The first-order valence-corrected chi connectivity index (χ1v) is 11.1. The number of hydrogen-bond donors (Lipinski definition) is 0. The maximum Gasteiger partial charge on any atom is 0.286 e. The molecular formula is C14H24N2O6S2. The van der Waals surface area contributed by atoms with Crippen LogP contribution in [0.15, 0.2) is 24.3 Å². The zero-order valence-corrected chi connectivity index (χ0v) is 15.9. The molecule has 1 rings (SSSR count). The van der Waals surface area contributed by atoms with Gasteiger partial charge in [0.1, 0.15) is 12.4 Å². The van der Waals surface area contributed by atoms with Crippen LogP contribution in [0.5, 0.6) is 5.75 Å². The summed E-state index contributed by atoms with van der Waals surface area (Å²) in [5, 5.41) is 0. The van der Waals surface area contributed by atoms with Gasteiger partial charge in [0.2, 0.25) is 0 Å². The molecule has 24 heavy (non-hydrogen) atoms. The molecule has 0 unspecified atom stereocenters. The standard InChI is InChI=1S/C14H24N2O6S2/c1-5-15(6-2)11-12-21-14-9-7-13(8-10-14)16(23(3,17)18)22-24(4,19)20/h7-10H,5-6,11-12H2,1-4H3. The Kier molecular flexibility index (Phi) is 7.46. The SMILES string of the molecule is CCN(CC)CCOc1ccc(N(OS(C)(=O)=O)S(C)(=O)=O)cc1. The molecule has 0 saturated carbocycles. The predicted molar refractivity (Wildman–Crippen MR) is 93.0 cm³/mol. The van der Waals surface area contributed by atoms with Crippen molar-refractivity contribution in [2.75, 3.05) is 43.2 Å². The minimum atomic E-state index is -3.98. The molecule has 1 aromatic carbocycles. The fourth-order valence-electron chi connectivity index (χ4n) is 1.91. The van der Waals surface area contributed by atoms with Crippen LogP contribution in [0.3, 0.4) is 0 Å². The summed E-state index contributed by atoms with van der Waals surface area (Å²) in [6.45, 7) is 7.29. The van der Waals surface area contributed by atoms with E-state index in [2.05, 4.69) is 23.0 Å². The molecule has 0 fully saturated rings. The van der Waals surface area contributed by atoms with Crippen LogP contribution >= 0.6 is 0 Å². The van der Waals surface area contributed by atoms with Crippen molar-refractivity contribution < 1.29 is 25.9 Å². The molecule has 0 aliphatic heterocycles. The number of anilines is 1. The highest BCUT2D eigenvalue weighted by atomic mass is 32.2. The summed E-state index contributed by atoms with van der Waals surface area (Å²) in [5.41, 5.74) is 0.0685. The Hall–Kier alpha value is -1.36. The molecule has 0 heterocycles. The third kappa shape index (κ3) is 7.04. The first-order valence-electron chi connectivity index (χ1n) is 7.42. The van der Waals surface area contributed by atoms with Gasteiger partial charge in [-0.1, -0.05) is 13.8 Å². The van der Waals surface area contributed by atoms with Gasteiger partial charge in [-0.3, -0.25) is 0 Å². The second kappa shape index (κ2) is 8.65. The molecule has 0 atom stereocenters. The van der Waals surface area contributed by atoms with E-state index in [1.54, 1.807) is 12.1 Å². The Balaban J connectivity index is 2.80. The van der Waals surface area contributed by atoms with Crippen molar-refractivity contribution >= 4 is 25.8 Å². The minimum absolute atomic E-state index is 0.0685. The third-order valence-corrected chi connectivity index (χ3v) is 4.52. The summed E-state index contributed by atoms with van der Waals surface area (Å²) in [5.74, 6) is 0.554. The van der Waals surface area contributed by atoms with Gasteiger partial charge in [-0.15, -0.1) is 8.75 Å². The van der Waals surface area contributed by atoms with E-state index in [-0.39, 0.29) is 5.69 Å². The van der Waals surface area contributed by atoms with E-state index in [1.165, 1.54) is 12.1 Å². The lowest BCUT2D eigenvalue weighted by molar-refractivity contribution is 0.223. The van der Waals surface area contributed by atoms with E-state index in [1.807, 2.05) is 0 Å². The second-order valence-corrected chi connectivity index (χ2v) is 8.49. The summed E-state index contributed by atoms with van der Waals surface area (Å²) in [6.07, 6.45) is 1.63. The Labute approximate surface area is 144 Å². The van der Waals surface area contributed by atoms with Crippen molar-refractivity contribution in [3.63, 3.8) is 0 Å². The first-order chi connectivity index (χ1) is 11.1. The highest BCUT2D eigenvalue weighted by Crippen LogP contribution is 2.22. The fourth-order valence-corrected chi connectivity index (χ4v) is 3.52. The van der Waals surface area contributed by atoms with E-state index in [0.717, 1.165) is 32.1 Å². The van der Waals surface area contributed by atoms with E-state index in [0.29, 0.717) is 16.8 Å². The van der Waals surface area contributed by atoms with Crippen molar-refractivity contribution in [2.45, 2.75) is 13.8 Å². The molecule has 0 spiro atoms. The summed E-state index contributed by atoms with van der Waals surface area (Å²) in [7, 11) is -7.90. The highest BCUT2D eigenvalue weighted by molar-refractivity contribution is 7.93. The number of ether oxygens (including phenoxy) is 1. The first kappa shape index (κ1) is 20.7. The smallest absolute Gasteiger partial charge is 0.286 e. The van der Waals surface area contributed by atoms with Gasteiger partial charge >= 0.3 is 0 Å². The Morgan fingerprint density at radius 3 is 1.92 bits per heavy atom. The molecule has 0 amide bonds. The number of nitrogens with zero attached hydrogens (tertiary/aromatic N) is 2. The molecule has 1 aromatic rings. The third-order valence-electron chi connectivity index (χ3n) is 3.12. The Morgan fingerprint density at radius 1 is 0.958 bits per heavy atom. The van der Waals surface area contributed by atoms with Gasteiger partial charge in [0.05, 0.1) is 18.2 Å². The normalized spacial score (nSPS) is 12.4. The summed E-state index contributed by atoms with van der Waals surface area (Å²) in [4.78, 5) is 2.21. The van der Waals surface area contributed by atoms with E-state index in [9.17, 15) is 16.8 Å². The fraction of sp³-hybridized carbons (Fsp3) is 0.571. The van der Waals surface area contributed by atoms with Gasteiger partial charge in [-0.25, -0.2) is 8.42 Å². The van der Waals surface area contributed by atoms with Crippen LogP contribution in [0, 0.1) is 0 Å². The van der Waals surface area contributed by atoms with Gasteiger partial charge in [-0.2, -0.15) is 8.42 Å². The summed E-state index contributed by atoms with van der Waals surface area (Å²) in [6, 6.07) is 5.95. The number of likely N-dealkylation sites (N-methyl/N-ethyl adjacent to an activating group) is 1. The number of sulfonamides is 1. The molecule has 0 saturated heterocycles. The molecule has 10 heteroatoms. The van der Waals surface area contributed by atoms with Crippen LogP contribution in [0.2, 0.25) is 0 Å². The molecule has 0 bridgehead atoms. The average molecular weight is 380 g/mol. The Bertz CT molecular complexity index is 712. The van der Waals surface area contributed by atoms with Crippen LogP contribution in [0.1, 0.15) is 13.8 Å². The number of rotatable bonds is 10. The van der Waals surface area contributed by atoms with Crippen LogP contribution in [0.4, 0.5) is 5.69 Å². The quantitative estimate of drug-likeness (QED) is 0.560. The minimum Gasteiger partial charge on any atom is -0.492 e. The molecule has 0 aliphatic rings. The molecular weight excluding hydrogens is 356 g/mol. The summed E-state index contributed by atoms with van der Waals surface area (Å²) < 4.78 is 56.4. The maximum atomic E-state index is 11.7. The van der Waals surface area contributed by atoms with Crippen LogP contribution in [0.25, 0.3) is 0 Å². The zero-order chi connectivity index (χ0) is 18.4. The zero-order valence-electron chi connectivity index (χ0n) is 14.3. The van der Waals surface area contributed by atoms with E-state index < -0.39 is 20.1 Å². The van der Waals surface area contributed by atoms with Gasteiger partial charge in [0.25, 0.3) is 20.1 Å². The van der Waals surface area contributed by atoms with Crippen LogP contribution < -0.4 is 9.21 Å². The topological polar surface area (TPSA) is 93.2 Å². The molecule has 0 radical (unpaired) electrons. The van der Waals surface area contributed by atoms with Crippen LogP contribution in [-0.2, 0) is 24.4 Å². The molecule has 0 aliphatic carbocycles. The highest BCUT2D eigenvalue weighted by Gasteiger charge is 2.23.